The number of hydrogen-bond acceptors (Lipinski definition) is 1. The molecule has 0 N–H and O–H groups in total. The van der Waals surface area contributed by atoms with Crippen LogP contribution in [-0.2, 0) is 11.0 Å². The topological polar surface area (TPSA) is 20.3 Å². The Balaban J connectivity index is 1.96. The molecule has 1 aliphatic rings. The van der Waals surface area contributed by atoms with Crippen LogP contribution in [0.1, 0.15) is 11.1 Å². The number of amides is 1. The van der Waals surface area contributed by atoms with E-state index in [1.54, 1.807) is 17.0 Å². The van der Waals surface area contributed by atoms with Crippen LogP contribution >= 0.6 is 0 Å². The normalized spacial score (nSPS) is 16.2. The fraction of sp³-hybridized carbons (Fsp3) is 0.267. The molecule has 0 spiro atoms. The van der Waals surface area contributed by atoms with Crippen molar-refractivity contribution in [2.45, 2.75) is 6.18 Å². The molecule has 1 fully saturated rings. The van der Waals surface area contributed by atoms with Crippen LogP contribution in [0, 0.1) is 5.92 Å². The number of carbonyl (C=O) groups excluding carboxylic acids is 1. The van der Waals surface area contributed by atoms with E-state index >= 15 is 0 Å². The molecular weight excluding hydrogens is 267 g/mol. The number of likely N-dealkylation sites (tertiary alicyclic amines) is 1. The van der Waals surface area contributed by atoms with Gasteiger partial charge in [0.2, 0.25) is 5.91 Å². The summed E-state index contributed by atoms with van der Waals surface area (Å²) in [6.45, 7) is 4.57. The van der Waals surface area contributed by atoms with Crippen LogP contribution in [0.3, 0.4) is 0 Å². The molecule has 0 aliphatic carbocycles. The van der Waals surface area contributed by atoms with Crippen LogP contribution in [0.4, 0.5) is 13.2 Å². The summed E-state index contributed by atoms with van der Waals surface area (Å²) in [4.78, 5) is 12.9. The van der Waals surface area contributed by atoms with Gasteiger partial charge in [-0.25, -0.2) is 0 Å². The number of hydrogen-bond donors (Lipinski definition) is 0. The Morgan fingerprint density at radius 2 is 2.05 bits per heavy atom. The Morgan fingerprint density at radius 1 is 1.35 bits per heavy atom. The van der Waals surface area contributed by atoms with Crippen molar-refractivity contribution in [1.82, 2.24) is 4.90 Å². The third-order valence-electron chi connectivity index (χ3n) is 3.17. The van der Waals surface area contributed by atoms with Crippen molar-refractivity contribution < 1.29 is 18.0 Å². The van der Waals surface area contributed by atoms with E-state index < -0.39 is 11.7 Å². The minimum atomic E-state index is -4.33. The standard InChI is InChI=1S/C15H14F3NO/c1-2-14(20)19-9-12(10-19)7-6-11-4-3-5-13(8-11)15(16,17)18/h2-8,12H,1,9-10H2/b7-6+. The smallest absolute Gasteiger partial charge is 0.338 e. The fourth-order valence-corrected chi connectivity index (χ4v) is 2.01. The molecular formula is C15H14F3NO. The predicted octanol–water partition coefficient (Wildman–Crippen LogP) is 3.36. The molecule has 5 heteroatoms. The van der Waals surface area contributed by atoms with Gasteiger partial charge in [-0.05, 0) is 23.8 Å². The van der Waals surface area contributed by atoms with Gasteiger partial charge in [0.15, 0.2) is 0 Å². The highest BCUT2D eigenvalue weighted by Gasteiger charge is 2.30. The molecule has 0 aromatic heterocycles. The summed E-state index contributed by atoms with van der Waals surface area (Å²) in [7, 11) is 0. The molecule has 1 saturated heterocycles. The van der Waals surface area contributed by atoms with Gasteiger partial charge in [0.05, 0.1) is 5.56 Å². The number of alkyl halides is 3. The van der Waals surface area contributed by atoms with Gasteiger partial charge in [0, 0.05) is 19.0 Å². The second kappa shape index (κ2) is 5.53. The fourth-order valence-electron chi connectivity index (χ4n) is 2.01. The van der Waals surface area contributed by atoms with Gasteiger partial charge in [0.25, 0.3) is 0 Å². The number of carbonyl (C=O) groups is 1. The molecule has 1 aliphatic heterocycles. The van der Waals surface area contributed by atoms with E-state index in [-0.39, 0.29) is 11.8 Å². The highest BCUT2D eigenvalue weighted by Crippen LogP contribution is 2.30. The summed E-state index contributed by atoms with van der Waals surface area (Å²) in [6, 6.07) is 5.17. The lowest BCUT2D eigenvalue weighted by molar-refractivity contribution is -0.137. The summed E-state index contributed by atoms with van der Waals surface area (Å²) < 4.78 is 37.6. The van der Waals surface area contributed by atoms with E-state index in [0.29, 0.717) is 18.7 Å². The molecule has 0 bridgehead atoms. The second-order valence-corrected chi connectivity index (χ2v) is 4.69. The Morgan fingerprint density at radius 3 is 2.65 bits per heavy atom. The van der Waals surface area contributed by atoms with Crippen LogP contribution in [-0.4, -0.2) is 23.9 Å². The summed E-state index contributed by atoms with van der Waals surface area (Å²) in [5.74, 6) is 0.0714. The van der Waals surface area contributed by atoms with Gasteiger partial charge in [0.1, 0.15) is 0 Å². The van der Waals surface area contributed by atoms with E-state index in [4.69, 9.17) is 0 Å². The van der Waals surface area contributed by atoms with Crippen LogP contribution in [0.2, 0.25) is 0 Å². The summed E-state index contributed by atoms with van der Waals surface area (Å²) in [6.07, 6.45) is 0.429. The van der Waals surface area contributed by atoms with E-state index in [1.165, 1.54) is 12.1 Å². The molecule has 0 saturated carbocycles. The van der Waals surface area contributed by atoms with Gasteiger partial charge < -0.3 is 4.90 Å². The molecule has 0 radical (unpaired) electrons. The first-order chi connectivity index (χ1) is 9.40. The van der Waals surface area contributed by atoms with E-state index in [1.807, 2.05) is 6.08 Å². The molecule has 2 rings (SSSR count). The molecule has 1 aromatic rings. The second-order valence-electron chi connectivity index (χ2n) is 4.69. The summed E-state index contributed by atoms with van der Waals surface area (Å²) >= 11 is 0. The van der Waals surface area contributed by atoms with Gasteiger partial charge in [-0.3, -0.25) is 4.79 Å². The van der Waals surface area contributed by atoms with Gasteiger partial charge in [-0.2, -0.15) is 13.2 Å². The number of halogens is 3. The van der Waals surface area contributed by atoms with E-state index in [0.717, 1.165) is 12.1 Å². The van der Waals surface area contributed by atoms with Crippen LogP contribution in [0.25, 0.3) is 6.08 Å². The van der Waals surface area contributed by atoms with Crippen molar-refractivity contribution in [3.8, 4) is 0 Å². The molecule has 0 unspecified atom stereocenters. The minimum absolute atomic E-state index is 0.117. The van der Waals surface area contributed by atoms with Crippen molar-refractivity contribution in [3.05, 3.63) is 54.1 Å². The number of nitrogens with zero attached hydrogens (tertiary/aromatic N) is 1. The summed E-state index contributed by atoms with van der Waals surface area (Å²) in [5.41, 5.74) is -0.148. The zero-order valence-corrected chi connectivity index (χ0v) is 10.7. The molecule has 0 atom stereocenters. The van der Waals surface area contributed by atoms with E-state index in [9.17, 15) is 18.0 Å². The Kier molecular flexibility index (Phi) is 3.97. The maximum atomic E-state index is 12.5. The van der Waals surface area contributed by atoms with Crippen molar-refractivity contribution >= 4 is 12.0 Å². The zero-order chi connectivity index (χ0) is 14.8. The highest BCUT2D eigenvalue weighted by molar-refractivity contribution is 5.87. The van der Waals surface area contributed by atoms with Crippen LogP contribution < -0.4 is 0 Å². The number of rotatable bonds is 3. The monoisotopic (exact) mass is 281 g/mol. The average Bonchev–Trinajstić information content (AvgIpc) is 2.36. The SMILES string of the molecule is C=CC(=O)N1CC(/C=C/c2cccc(C(F)(F)F)c2)C1. The first-order valence-electron chi connectivity index (χ1n) is 6.17. The van der Waals surface area contributed by atoms with Crippen molar-refractivity contribution in [2.24, 2.45) is 5.92 Å². The molecule has 1 aromatic carbocycles. The van der Waals surface area contributed by atoms with Gasteiger partial charge in [-0.1, -0.05) is 30.9 Å². The maximum absolute atomic E-state index is 12.5. The quantitative estimate of drug-likeness (QED) is 0.778. The summed E-state index contributed by atoms with van der Waals surface area (Å²) in [5, 5.41) is 0. The molecule has 1 amide bonds. The maximum Gasteiger partial charge on any atom is 0.416 e. The average molecular weight is 281 g/mol. The molecule has 2 nitrogen and oxygen atoms in total. The third-order valence-corrected chi connectivity index (χ3v) is 3.17. The van der Waals surface area contributed by atoms with Gasteiger partial charge in [-0.15, -0.1) is 0 Å². The Hall–Kier alpha value is -2.04. The van der Waals surface area contributed by atoms with Crippen molar-refractivity contribution in [1.29, 1.82) is 0 Å². The molecule has 1 heterocycles. The number of benzene rings is 1. The first-order valence-corrected chi connectivity index (χ1v) is 6.17. The van der Waals surface area contributed by atoms with E-state index in [2.05, 4.69) is 6.58 Å². The Bertz CT molecular complexity index is 542. The third kappa shape index (κ3) is 3.29. The van der Waals surface area contributed by atoms with Gasteiger partial charge >= 0.3 is 6.18 Å². The molecule has 20 heavy (non-hydrogen) atoms. The lowest BCUT2D eigenvalue weighted by atomic mass is 9.98. The van der Waals surface area contributed by atoms with Crippen LogP contribution in [0.5, 0.6) is 0 Å². The van der Waals surface area contributed by atoms with Crippen LogP contribution in [0.15, 0.2) is 43.0 Å². The lowest BCUT2D eigenvalue weighted by Crippen LogP contribution is -2.48. The molecule has 106 valence electrons. The first kappa shape index (κ1) is 14.4. The Labute approximate surface area is 115 Å². The van der Waals surface area contributed by atoms with Crippen molar-refractivity contribution in [3.63, 3.8) is 0 Å². The predicted molar refractivity (Wildman–Crippen MR) is 70.7 cm³/mol. The highest BCUT2D eigenvalue weighted by atomic mass is 19.4. The minimum Gasteiger partial charge on any atom is -0.338 e. The largest absolute Gasteiger partial charge is 0.416 e. The zero-order valence-electron chi connectivity index (χ0n) is 10.7. The van der Waals surface area contributed by atoms with Crippen molar-refractivity contribution in [2.75, 3.05) is 13.1 Å². The lowest BCUT2D eigenvalue weighted by Gasteiger charge is -2.37.